The third-order valence-corrected chi connectivity index (χ3v) is 16.0. The quantitative estimate of drug-likeness (QED) is 0.0264. The van der Waals surface area contributed by atoms with E-state index in [4.69, 9.17) is 14.2 Å². The number of nitrogens with zero attached hydrogens (tertiary/aromatic N) is 1. The van der Waals surface area contributed by atoms with Crippen molar-refractivity contribution in [2.75, 3.05) is 4.90 Å². The van der Waals surface area contributed by atoms with Crippen molar-refractivity contribution in [2.24, 2.45) is 10.8 Å². The van der Waals surface area contributed by atoms with Crippen LogP contribution < -0.4 is 14.4 Å². The van der Waals surface area contributed by atoms with Crippen molar-refractivity contribution >= 4 is 72.1 Å². The fourth-order valence-electron chi connectivity index (χ4n) is 13.1. The van der Waals surface area contributed by atoms with E-state index >= 15 is 0 Å². The van der Waals surface area contributed by atoms with Crippen LogP contribution in [0, 0.1) is 10.8 Å². The van der Waals surface area contributed by atoms with Gasteiger partial charge in [-0.05, 0) is 165 Å². The number of ether oxygens (including phenoxy) is 3. The molecule has 1 heterocycles. The normalized spacial score (nSPS) is 13.3. The van der Waals surface area contributed by atoms with Gasteiger partial charge in [-0.3, -0.25) is 0 Å². The molecule has 0 aromatic heterocycles. The lowest BCUT2D eigenvalue weighted by Crippen LogP contribution is -2.25. The topological polar surface area (TPSA) is 65.1 Å². The highest BCUT2D eigenvalue weighted by Gasteiger charge is 2.35. The Morgan fingerprint density at radius 3 is 1.28 bits per heavy atom. The van der Waals surface area contributed by atoms with Crippen molar-refractivity contribution in [1.29, 1.82) is 0 Å². The molecule has 10 rings (SSSR count). The van der Waals surface area contributed by atoms with Crippen molar-refractivity contribution in [2.45, 2.75) is 158 Å². The van der Waals surface area contributed by atoms with E-state index in [2.05, 4.69) is 191 Å². The molecule has 6 nitrogen and oxygen atoms in total. The maximum absolute atomic E-state index is 14.1. The van der Waals surface area contributed by atoms with Crippen LogP contribution in [0.2, 0.25) is 0 Å². The zero-order chi connectivity index (χ0) is 55.3. The lowest BCUT2D eigenvalue weighted by Gasteiger charge is -2.34. The highest BCUT2D eigenvalue weighted by molar-refractivity contribution is 6.40. The predicted octanol–water partition coefficient (Wildman–Crippen LogP) is 21.0. The van der Waals surface area contributed by atoms with Crippen molar-refractivity contribution in [3.63, 3.8) is 0 Å². The maximum atomic E-state index is 14.1. The minimum atomic E-state index is -0.705. The monoisotopic (exact) mass is 1040 g/mol. The number of hydrogen-bond acceptors (Lipinski definition) is 6. The van der Waals surface area contributed by atoms with Crippen LogP contribution in [-0.4, -0.2) is 11.9 Å². The zero-order valence-corrected chi connectivity index (χ0v) is 48.3. The Labute approximate surface area is 463 Å². The first-order valence-electron chi connectivity index (χ1n) is 28.7. The van der Waals surface area contributed by atoms with Crippen LogP contribution in [0.1, 0.15) is 177 Å². The van der Waals surface area contributed by atoms with Gasteiger partial charge >= 0.3 is 11.9 Å². The summed E-state index contributed by atoms with van der Waals surface area (Å²) in [7, 11) is 0. The summed E-state index contributed by atoms with van der Waals surface area (Å²) in [6.45, 7) is 27.8. The molecule has 0 aliphatic carbocycles. The molecule has 0 radical (unpaired) electrons. The molecule has 1 aliphatic heterocycles. The fraction of sp³-hybridized carbons (Fsp3) is 0.361. The molecule has 0 atom stereocenters. The Hall–Kier alpha value is -7.18. The first-order valence-corrected chi connectivity index (χ1v) is 28.7. The molecule has 0 fully saturated rings. The fourth-order valence-corrected chi connectivity index (χ4v) is 13.1. The average Bonchev–Trinajstić information content (AvgIpc) is 2.47. The Bertz CT molecular complexity index is 3450. The summed E-state index contributed by atoms with van der Waals surface area (Å²) < 4.78 is 19.6. The standard InChI is InChI=1S/C72H79NO5/c1-13-15-17-20-46-24-36-52(37-25-46)76-60-42-57-63-58(68(75)78-67(57)74)43-61(77-53-38-26-47(27-39-53)21-18-16-14-2)65-56-40-41-59(54-22-19-23-55(62(54)56)64(60)66(63)65)73(50-32-28-48(29-33-50)71(9,10)44-69(3,4)5)51-34-30-49(31-35-51)72(11,12)45-70(6,7)8/h19,22-43H,13-18,20-21,44-45H2,1-12H3. The summed E-state index contributed by atoms with van der Waals surface area (Å²) in [5.41, 5.74) is 9.00. The van der Waals surface area contributed by atoms with Crippen LogP contribution in [-0.2, 0) is 28.4 Å². The summed E-state index contributed by atoms with van der Waals surface area (Å²) in [6, 6.07) is 49.4. The number of hydrogen-bond donors (Lipinski definition) is 0. The summed E-state index contributed by atoms with van der Waals surface area (Å²) in [4.78, 5) is 30.5. The van der Waals surface area contributed by atoms with Crippen LogP contribution in [0.5, 0.6) is 23.0 Å². The predicted molar refractivity (Wildman–Crippen MR) is 326 cm³/mol. The third-order valence-electron chi connectivity index (χ3n) is 16.0. The lowest BCUT2D eigenvalue weighted by molar-refractivity contribution is 0.0390. The summed E-state index contributed by atoms with van der Waals surface area (Å²) in [5.74, 6) is 0.864. The van der Waals surface area contributed by atoms with Crippen LogP contribution in [0.15, 0.2) is 140 Å². The molecule has 9 aromatic carbocycles. The molecule has 402 valence electrons. The molecule has 0 spiro atoms. The average molecular weight is 1040 g/mol. The van der Waals surface area contributed by atoms with Crippen LogP contribution in [0.25, 0.3) is 43.1 Å². The number of fused-ring (bicyclic) bond motifs is 2. The van der Waals surface area contributed by atoms with E-state index in [9.17, 15) is 9.59 Å². The number of aryl methyl sites for hydroxylation is 2. The Morgan fingerprint density at radius 2 is 0.859 bits per heavy atom. The van der Waals surface area contributed by atoms with Gasteiger partial charge in [-0.15, -0.1) is 0 Å². The smallest absolute Gasteiger partial charge is 0.346 e. The van der Waals surface area contributed by atoms with E-state index in [0.717, 1.165) is 106 Å². The largest absolute Gasteiger partial charge is 0.457 e. The van der Waals surface area contributed by atoms with Crippen LogP contribution in [0.4, 0.5) is 17.1 Å². The van der Waals surface area contributed by atoms with Gasteiger partial charge < -0.3 is 19.1 Å². The molecule has 78 heavy (non-hydrogen) atoms. The van der Waals surface area contributed by atoms with E-state index in [1.54, 1.807) is 12.1 Å². The number of rotatable bonds is 19. The second-order valence-electron chi connectivity index (χ2n) is 26.0. The van der Waals surface area contributed by atoms with Gasteiger partial charge in [-0.25, -0.2) is 9.59 Å². The molecule has 1 aliphatic rings. The molecular formula is C72H79NO5. The third kappa shape index (κ3) is 11.0. The summed E-state index contributed by atoms with van der Waals surface area (Å²) in [5, 5.41) is 6.73. The Morgan fingerprint density at radius 1 is 0.436 bits per heavy atom. The van der Waals surface area contributed by atoms with E-state index in [1.807, 2.05) is 24.3 Å². The van der Waals surface area contributed by atoms with E-state index in [0.29, 0.717) is 28.4 Å². The number of carbonyl (C=O) groups is 2. The molecule has 0 bridgehead atoms. The summed E-state index contributed by atoms with van der Waals surface area (Å²) >= 11 is 0. The number of esters is 2. The number of benzene rings is 9. The number of carbonyl (C=O) groups excluding carboxylic acids is 2. The molecule has 0 saturated carbocycles. The van der Waals surface area contributed by atoms with Gasteiger partial charge in [-0.2, -0.15) is 0 Å². The van der Waals surface area contributed by atoms with Gasteiger partial charge in [0.05, 0.1) is 16.8 Å². The van der Waals surface area contributed by atoms with Gasteiger partial charge in [0, 0.05) is 38.3 Å². The second-order valence-corrected chi connectivity index (χ2v) is 26.0. The van der Waals surface area contributed by atoms with Gasteiger partial charge in [0.2, 0.25) is 0 Å². The highest BCUT2D eigenvalue weighted by Crippen LogP contribution is 2.54. The van der Waals surface area contributed by atoms with Gasteiger partial charge in [0.1, 0.15) is 23.0 Å². The summed E-state index contributed by atoms with van der Waals surface area (Å²) in [6.07, 6.45) is 11.0. The molecular weight excluding hydrogens is 959 g/mol. The van der Waals surface area contributed by atoms with Crippen molar-refractivity contribution in [3.05, 3.63) is 173 Å². The molecule has 0 saturated heterocycles. The highest BCUT2D eigenvalue weighted by atomic mass is 16.6. The molecule has 0 unspecified atom stereocenters. The van der Waals surface area contributed by atoms with Gasteiger partial charge in [0.15, 0.2) is 0 Å². The minimum absolute atomic E-state index is 0.0367. The van der Waals surface area contributed by atoms with Crippen molar-refractivity contribution in [3.8, 4) is 23.0 Å². The van der Waals surface area contributed by atoms with Crippen molar-refractivity contribution < 1.29 is 23.8 Å². The van der Waals surface area contributed by atoms with Gasteiger partial charge in [0.25, 0.3) is 0 Å². The van der Waals surface area contributed by atoms with Gasteiger partial charge in [-0.1, -0.05) is 182 Å². The molecule has 9 aromatic rings. The Kier molecular flexibility index (Phi) is 14.7. The van der Waals surface area contributed by atoms with Crippen LogP contribution in [0.3, 0.4) is 0 Å². The van der Waals surface area contributed by atoms with Crippen LogP contribution >= 0.6 is 0 Å². The SMILES string of the molecule is CCCCCc1ccc(Oc2cc3c4c(cc(Oc5ccc(CCCCC)cc5)c5c6ccc(N(c7ccc(C(C)(C)CC(C)(C)C)cc7)c7ccc(C(C)(C)CC(C)(C)C)cc7)c7cccc(c2c45)c76)C(=O)OC3=O)cc1. The molecule has 0 N–H and O–H groups in total. The number of unbranched alkanes of at least 4 members (excludes halogenated alkanes) is 4. The minimum Gasteiger partial charge on any atom is -0.457 e. The molecule has 6 heteroatoms. The maximum Gasteiger partial charge on any atom is 0.346 e. The lowest BCUT2D eigenvalue weighted by atomic mass is 9.72. The second kappa shape index (κ2) is 21.2. The van der Waals surface area contributed by atoms with Crippen molar-refractivity contribution in [1.82, 2.24) is 0 Å². The Balaban J connectivity index is 1.23. The zero-order valence-electron chi connectivity index (χ0n) is 48.3. The first kappa shape index (κ1) is 54.2. The van der Waals surface area contributed by atoms with E-state index in [-0.39, 0.29) is 32.8 Å². The first-order chi connectivity index (χ1) is 37.1. The number of anilines is 3. The van der Waals surface area contributed by atoms with E-state index in [1.165, 1.54) is 35.1 Å². The van der Waals surface area contributed by atoms with E-state index < -0.39 is 11.9 Å². The number of cyclic esters (lactones) is 2. The molecule has 0 amide bonds.